The van der Waals surface area contributed by atoms with E-state index in [1.807, 2.05) is 0 Å². The summed E-state index contributed by atoms with van der Waals surface area (Å²) >= 11 is 0. The molecule has 122 valence electrons. The van der Waals surface area contributed by atoms with Crippen molar-refractivity contribution >= 4 is 0 Å². The molecular formula is C15H33NO4. The highest BCUT2D eigenvalue weighted by Gasteiger charge is 2.04. The van der Waals surface area contributed by atoms with Gasteiger partial charge in [-0.15, -0.1) is 0 Å². The lowest BCUT2D eigenvalue weighted by Crippen LogP contribution is -2.23. The average Bonchev–Trinajstić information content (AvgIpc) is 2.42. The second kappa shape index (κ2) is 15.2. The van der Waals surface area contributed by atoms with Crippen LogP contribution in [-0.2, 0) is 4.74 Å². The Kier molecular flexibility index (Phi) is 15.0. The first-order chi connectivity index (χ1) is 9.70. The second-order valence-electron chi connectivity index (χ2n) is 5.41. The van der Waals surface area contributed by atoms with Crippen LogP contribution in [0.4, 0.5) is 0 Å². The average molecular weight is 291 g/mol. The molecule has 0 radical (unpaired) electrons. The zero-order valence-electron chi connectivity index (χ0n) is 12.7. The van der Waals surface area contributed by atoms with E-state index in [9.17, 15) is 5.11 Å². The van der Waals surface area contributed by atoms with Crippen LogP contribution in [0.15, 0.2) is 0 Å². The molecule has 0 rings (SSSR count). The first-order valence-corrected chi connectivity index (χ1v) is 7.97. The Morgan fingerprint density at radius 3 is 1.80 bits per heavy atom. The molecule has 5 N–H and O–H groups in total. The predicted octanol–water partition coefficient (Wildman–Crippen LogP) is 1.88. The fraction of sp³-hybridized carbons (Fsp3) is 1.00. The van der Waals surface area contributed by atoms with E-state index in [1.54, 1.807) is 0 Å². The van der Waals surface area contributed by atoms with Crippen LogP contribution in [0.3, 0.4) is 0 Å². The number of aliphatic hydroxyl groups is 3. The quantitative estimate of drug-likeness (QED) is 0.273. The van der Waals surface area contributed by atoms with E-state index in [0.717, 1.165) is 57.8 Å². The zero-order valence-corrected chi connectivity index (χ0v) is 12.7. The van der Waals surface area contributed by atoms with Gasteiger partial charge in [-0.1, -0.05) is 32.1 Å². The van der Waals surface area contributed by atoms with Crippen molar-refractivity contribution in [2.24, 2.45) is 5.73 Å². The molecule has 0 aromatic carbocycles. The summed E-state index contributed by atoms with van der Waals surface area (Å²) < 4.78 is 4.84. The SMILES string of the molecule is NC(CCCCCCCCC(O)CCCCO)OCO. The highest BCUT2D eigenvalue weighted by atomic mass is 16.6. The smallest absolute Gasteiger partial charge is 0.145 e. The molecule has 0 aliphatic heterocycles. The van der Waals surface area contributed by atoms with Crippen LogP contribution in [0, 0.1) is 0 Å². The van der Waals surface area contributed by atoms with Gasteiger partial charge in [0.25, 0.3) is 0 Å². The van der Waals surface area contributed by atoms with Gasteiger partial charge in [-0.2, -0.15) is 0 Å². The first kappa shape index (κ1) is 19.8. The third-order valence-electron chi connectivity index (χ3n) is 3.51. The Hall–Kier alpha value is -0.200. The fourth-order valence-corrected chi connectivity index (χ4v) is 2.25. The van der Waals surface area contributed by atoms with Gasteiger partial charge in [-0.3, -0.25) is 0 Å². The molecule has 2 atom stereocenters. The number of rotatable bonds is 15. The molecule has 0 saturated heterocycles. The van der Waals surface area contributed by atoms with Crippen LogP contribution < -0.4 is 5.73 Å². The number of nitrogens with two attached hydrogens (primary N) is 1. The highest BCUT2D eigenvalue weighted by molar-refractivity contribution is 4.57. The number of ether oxygens (including phenoxy) is 1. The minimum absolute atomic E-state index is 0.199. The summed E-state index contributed by atoms with van der Waals surface area (Å²) in [6, 6.07) is 0. The molecule has 5 nitrogen and oxygen atoms in total. The Labute approximate surface area is 123 Å². The van der Waals surface area contributed by atoms with Crippen LogP contribution in [-0.4, -0.2) is 41.1 Å². The minimum atomic E-state index is -0.339. The van der Waals surface area contributed by atoms with E-state index in [4.69, 9.17) is 20.7 Å². The largest absolute Gasteiger partial charge is 0.396 e. The van der Waals surface area contributed by atoms with Gasteiger partial charge in [0.1, 0.15) is 13.0 Å². The molecule has 0 bridgehead atoms. The number of hydrogen-bond donors (Lipinski definition) is 4. The lowest BCUT2D eigenvalue weighted by Gasteiger charge is -2.11. The predicted molar refractivity (Wildman–Crippen MR) is 80.0 cm³/mol. The Morgan fingerprint density at radius 2 is 1.25 bits per heavy atom. The Bertz CT molecular complexity index is 193. The van der Waals surface area contributed by atoms with Crippen molar-refractivity contribution in [1.82, 2.24) is 0 Å². The van der Waals surface area contributed by atoms with E-state index < -0.39 is 0 Å². The van der Waals surface area contributed by atoms with Crippen LogP contribution >= 0.6 is 0 Å². The molecule has 5 heteroatoms. The number of aliphatic hydroxyl groups excluding tert-OH is 3. The maximum atomic E-state index is 9.70. The summed E-state index contributed by atoms with van der Waals surface area (Å²) in [4.78, 5) is 0. The van der Waals surface area contributed by atoms with Crippen molar-refractivity contribution in [2.75, 3.05) is 13.4 Å². The van der Waals surface area contributed by atoms with Crippen molar-refractivity contribution in [1.29, 1.82) is 0 Å². The second-order valence-corrected chi connectivity index (χ2v) is 5.41. The lowest BCUT2D eigenvalue weighted by atomic mass is 10.0. The first-order valence-electron chi connectivity index (χ1n) is 7.97. The molecular weight excluding hydrogens is 258 g/mol. The van der Waals surface area contributed by atoms with Crippen molar-refractivity contribution in [3.8, 4) is 0 Å². The summed E-state index contributed by atoms with van der Waals surface area (Å²) in [6.07, 6.45) is 10.4. The maximum absolute atomic E-state index is 9.70. The Morgan fingerprint density at radius 1 is 0.750 bits per heavy atom. The monoisotopic (exact) mass is 291 g/mol. The maximum Gasteiger partial charge on any atom is 0.145 e. The van der Waals surface area contributed by atoms with E-state index in [1.165, 1.54) is 12.8 Å². The third kappa shape index (κ3) is 14.2. The lowest BCUT2D eigenvalue weighted by molar-refractivity contribution is -0.0507. The van der Waals surface area contributed by atoms with Gasteiger partial charge in [0.05, 0.1) is 6.10 Å². The Balaban J connectivity index is 3.16. The van der Waals surface area contributed by atoms with Crippen molar-refractivity contribution in [3.05, 3.63) is 0 Å². The van der Waals surface area contributed by atoms with Crippen molar-refractivity contribution in [3.63, 3.8) is 0 Å². The van der Waals surface area contributed by atoms with E-state index in [0.29, 0.717) is 0 Å². The summed E-state index contributed by atoms with van der Waals surface area (Å²) in [7, 11) is 0. The van der Waals surface area contributed by atoms with E-state index in [-0.39, 0.29) is 25.7 Å². The summed E-state index contributed by atoms with van der Waals surface area (Å²) in [5.41, 5.74) is 5.60. The van der Waals surface area contributed by atoms with E-state index >= 15 is 0 Å². The van der Waals surface area contributed by atoms with E-state index in [2.05, 4.69) is 0 Å². The summed E-state index contributed by atoms with van der Waals surface area (Å²) in [6.45, 7) is -0.0818. The van der Waals surface area contributed by atoms with Gasteiger partial charge in [-0.25, -0.2) is 0 Å². The van der Waals surface area contributed by atoms with Crippen molar-refractivity contribution < 1.29 is 20.1 Å². The van der Waals surface area contributed by atoms with Crippen LogP contribution in [0.2, 0.25) is 0 Å². The molecule has 20 heavy (non-hydrogen) atoms. The van der Waals surface area contributed by atoms with Gasteiger partial charge in [-0.05, 0) is 38.5 Å². The van der Waals surface area contributed by atoms with Gasteiger partial charge in [0, 0.05) is 6.61 Å². The van der Waals surface area contributed by atoms with Crippen LogP contribution in [0.5, 0.6) is 0 Å². The molecule has 2 unspecified atom stereocenters. The molecule has 0 aromatic rings. The topological polar surface area (TPSA) is 95.9 Å². The number of unbranched alkanes of at least 4 members (excludes halogenated alkanes) is 6. The molecule has 0 spiro atoms. The highest BCUT2D eigenvalue weighted by Crippen LogP contribution is 2.13. The van der Waals surface area contributed by atoms with Crippen LogP contribution in [0.1, 0.15) is 70.6 Å². The van der Waals surface area contributed by atoms with Gasteiger partial charge in [0.15, 0.2) is 0 Å². The molecule has 0 saturated carbocycles. The number of hydrogen-bond acceptors (Lipinski definition) is 5. The van der Waals surface area contributed by atoms with Gasteiger partial charge < -0.3 is 25.8 Å². The van der Waals surface area contributed by atoms with Gasteiger partial charge >= 0.3 is 0 Å². The summed E-state index contributed by atoms with van der Waals surface area (Å²) in [5, 5.41) is 26.9. The van der Waals surface area contributed by atoms with Crippen molar-refractivity contribution in [2.45, 2.75) is 83.0 Å². The van der Waals surface area contributed by atoms with Crippen LogP contribution in [0.25, 0.3) is 0 Å². The standard InChI is InChI=1S/C15H33NO4/c16-15(20-13-18)11-6-4-2-1-3-5-9-14(19)10-7-8-12-17/h14-15,17-19H,1-13,16H2. The molecule has 0 aliphatic rings. The molecule has 0 heterocycles. The fourth-order valence-electron chi connectivity index (χ4n) is 2.25. The molecule has 0 aromatic heterocycles. The zero-order chi connectivity index (χ0) is 15.1. The minimum Gasteiger partial charge on any atom is -0.396 e. The summed E-state index contributed by atoms with van der Waals surface area (Å²) in [5.74, 6) is 0. The third-order valence-corrected chi connectivity index (χ3v) is 3.51. The molecule has 0 amide bonds. The molecule has 0 fully saturated rings. The normalized spacial score (nSPS) is 14.4. The van der Waals surface area contributed by atoms with Gasteiger partial charge in [0.2, 0.25) is 0 Å². The molecule has 0 aliphatic carbocycles.